The van der Waals surface area contributed by atoms with E-state index in [1.165, 1.54) is 18.2 Å². The Bertz CT molecular complexity index is 623. The molecular weight excluding hydrogens is 331 g/mol. The summed E-state index contributed by atoms with van der Waals surface area (Å²) in [6.07, 6.45) is -7.78. The van der Waals surface area contributed by atoms with E-state index < -0.39 is 39.2 Å². The second-order valence-corrected chi connectivity index (χ2v) is 5.35. The molecule has 21 heavy (non-hydrogen) atoms. The van der Waals surface area contributed by atoms with E-state index in [4.69, 9.17) is 0 Å². The van der Waals surface area contributed by atoms with E-state index in [-0.39, 0.29) is 0 Å². The molecule has 0 aliphatic rings. The highest BCUT2D eigenvalue weighted by atomic mass is 32.2. The first-order valence-corrected chi connectivity index (χ1v) is 6.44. The molecule has 0 aliphatic heterocycles. The van der Waals surface area contributed by atoms with Crippen LogP contribution >= 0.6 is 0 Å². The smallest absolute Gasteiger partial charge is 0.199 e. The van der Waals surface area contributed by atoms with Crippen molar-refractivity contribution in [2.75, 3.05) is 0 Å². The molecule has 0 unspecified atom stereocenters. The standard InChI is InChI=1S/C10H6F7NO2S/c11-8(12,9(13,14)10(15,16)17)6-18-21(19,20)7-4-2-1-3-5-7/h1-6H/b18-6-. The third-order valence-corrected chi connectivity index (χ3v) is 3.42. The molecule has 0 fully saturated rings. The van der Waals surface area contributed by atoms with Crippen LogP contribution in [0.5, 0.6) is 0 Å². The summed E-state index contributed by atoms with van der Waals surface area (Å²) >= 11 is 0. The van der Waals surface area contributed by atoms with Crippen LogP contribution in [-0.2, 0) is 10.0 Å². The number of sulfonamides is 1. The average Bonchev–Trinajstić information content (AvgIpc) is 2.36. The molecular formula is C10H6F7NO2S. The lowest BCUT2D eigenvalue weighted by atomic mass is 10.2. The fraction of sp³-hybridized carbons (Fsp3) is 0.300. The van der Waals surface area contributed by atoms with Crippen molar-refractivity contribution in [1.29, 1.82) is 0 Å². The zero-order valence-corrected chi connectivity index (χ0v) is 10.6. The van der Waals surface area contributed by atoms with Crippen molar-refractivity contribution in [2.24, 2.45) is 4.40 Å². The SMILES string of the molecule is O=S(=O)(/N=C\C(F)(F)C(F)(F)C(F)(F)F)c1ccccc1. The summed E-state index contributed by atoms with van der Waals surface area (Å²) in [5, 5.41) is 0. The Hall–Kier alpha value is -1.65. The molecule has 1 rings (SSSR count). The molecule has 3 nitrogen and oxygen atoms in total. The van der Waals surface area contributed by atoms with Gasteiger partial charge in [-0.2, -0.15) is 43.5 Å². The summed E-state index contributed by atoms with van der Waals surface area (Å²) in [4.78, 5) is -0.632. The monoisotopic (exact) mass is 337 g/mol. The normalized spacial score (nSPS) is 14.6. The van der Waals surface area contributed by atoms with E-state index in [0.717, 1.165) is 12.1 Å². The van der Waals surface area contributed by atoms with Crippen molar-refractivity contribution in [1.82, 2.24) is 0 Å². The van der Waals surface area contributed by atoms with Gasteiger partial charge in [-0.05, 0) is 12.1 Å². The van der Waals surface area contributed by atoms with Crippen LogP contribution in [0.3, 0.4) is 0 Å². The maximum Gasteiger partial charge on any atom is 0.460 e. The fourth-order valence-electron chi connectivity index (χ4n) is 1.06. The highest BCUT2D eigenvalue weighted by molar-refractivity contribution is 7.90. The first kappa shape index (κ1) is 17.4. The Kier molecular flexibility index (Phi) is 4.37. The minimum atomic E-state index is -6.56. The molecule has 0 bridgehead atoms. The highest BCUT2D eigenvalue weighted by Gasteiger charge is 2.72. The van der Waals surface area contributed by atoms with Crippen LogP contribution < -0.4 is 0 Å². The van der Waals surface area contributed by atoms with Gasteiger partial charge in [0.05, 0.1) is 11.1 Å². The Morgan fingerprint density at radius 3 is 1.81 bits per heavy atom. The maximum atomic E-state index is 12.9. The molecule has 1 aromatic rings. The van der Waals surface area contributed by atoms with Crippen molar-refractivity contribution in [3.05, 3.63) is 30.3 Å². The molecule has 118 valence electrons. The molecule has 11 heteroatoms. The zero-order valence-electron chi connectivity index (χ0n) is 9.78. The molecule has 0 saturated heterocycles. The summed E-state index contributed by atoms with van der Waals surface area (Å²) in [7, 11) is -4.81. The van der Waals surface area contributed by atoms with E-state index in [0.29, 0.717) is 0 Å². The minimum absolute atomic E-state index is 0.632. The van der Waals surface area contributed by atoms with Gasteiger partial charge in [-0.25, -0.2) is 0 Å². The van der Waals surface area contributed by atoms with E-state index in [1.54, 1.807) is 0 Å². The molecule has 0 spiro atoms. The summed E-state index contributed by atoms with van der Waals surface area (Å²) in [6, 6.07) is 5.56. The second-order valence-electron chi connectivity index (χ2n) is 3.72. The van der Waals surface area contributed by atoms with Crippen molar-refractivity contribution >= 4 is 16.2 Å². The zero-order chi connectivity index (χ0) is 16.5. The predicted octanol–water partition coefficient (Wildman–Crippen LogP) is 3.28. The number of hydrogen-bond acceptors (Lipinski definition) is 2. The summed E-state index contributed by atoms with van der Waals surface area (Å²) < 4.78 is 111. The lowest BCUT2D eigenvalue weighted by Gasteiger charge is -2.24. The van der Waals surface area contributed by atoms with Crippen LogP contribution in [0, 0.1) is 0 Å². The number of halogens is 7. The van der Waals surface area contributed by atoms with Gasteiger partial charge < -0.3 is 0 Å². The molecule has 0 aliphatic carbocycles. The fourth-order valence-corrected chi connectivity index (χ4v) is 1.95. The summed E-state index contributed by atoms with van der Waals surface area (Å²) in [6.45, 7) is 0. The number of hydrogen-bond donors (Lipinski definition) is 0. The molecule has 0 heterocycles. The molecule has 0 atom stereocenters. The van der Waals surface area contributed by atoms with Crippen LogP contribution in [-0.4, -0.2) is 32.7 Å². The Morgan fingerprint density at radius 1 is 0.905 bits per heavy atom. The topological polar surface area (TPSA) is 46.5 Å². The first-order chi connectivity index (χ1) is 9.31. The largest absolute Gasteiger partial charge is 0.460 e. The third-order valence-electron chi connectivity index (χ3n) is 2.17. The van der Waals surface area contributed by atoms with Gasteiger partial charge in [-0.1, -0.05) is 18.2 Å². The van der Waals surface area contributed by atoms with Crippen LogP contribution in [0.1, 0.15) is 0 Å². The molecule has 0 radical (unpaired) electrons. The lowest BCUT2D eigenvalue weighted by Crippen LogP contribution is -2.52. The molecule has 0 saturated carbocycles. The number of rotatable bonds is 4. The third kappa shape index (κ3) is 3.52. The number of alkyl halides is 7. The van der Waals surface area contributed by atoms with E-state index in [9.17, 15) is 39.2 Å². The van der Waals surface area contributed by atoms with Crippen molar-refractivity contribution in [2.45, 2.75) is 22.9 Å². The maximum absolute atomic E-state index is 12.9. The second kappa shape index (κ2) is 5.28. The average molecular weight is 337 g/mol. The predicted molar refractivity (Wildman–Crippen MR) is 58.1 cm³/mol. The molecule has 1 aromatic carbocycles. The van der Waals surface area contributed by atoms with Crippen LogP contribution in [0.15, 0.2) is 39.6 Å². The van der Waals surface area contributed by atoms with Gasteiger partial charge in [0.1, 0.15) is 0 Å². The van der Waals surface area contributed by atoms with Gasteiger partial charge in [0, 0.05) is 0 Å². The summed E-state index contributed by atoms with van der Waals surface area (Å²) in [5.41, 5.74) is 0. The van der Waals surface area contributed by atoms with Crippen LogP contribution in [0.25, 0.3) is 0 Å². The van der Waals surface area contributed by atoms with E-state index >= 15 is 0 Å². The molecule has 0 N–H and O–H groups in total. The van der Waals surface area contributed by atoms with Gasteiger partial charge in [0.2, 0.25) is 0 Å². The van der Waals surface area contributed by atoms with E-state index in [2.05, 4.69) is 4.40 Å². The Balaban J connectivity index is 3.15. The summed E-state index contributed by atoms with van der Waals surface area (Å²) in [5.74, 6) is -12.3. The Labute approximate surface area is 114 Å². The van der Waals surface area contributed by atoms with Gasteiger partial charge in [0.15, 0.2) is 0 Å². The number of benzene rings is 1. The van der Waals surface area contributed by atoms with E-state index in [1.807, 2.05) is 0 Å². The molecule has 0 aromatic heterocycles. The number of nitrogens with zero attached hydrogens (tertiary/aromatic N) is 1. The van der Waals surface area contributed by atoms with Gasteiger partial charge in [-0.15, -0.1) is 0 Å². The highest BCUT2D eigenvalue weighted by Crippen LogP contribution is 2.45. The quantitative estimate of drug-likeness (QED) is 0.625. The van der Waals surface area contributed by atoms with Crippen molar-refractivity contribution in [3.8, 4) is 0 Å². The van der Waals surface area contributed by atoms with Gasteiger partial charge in [-0.3, -0.25) is 0 Å². The minimum Gasteiger partial charge on any atom is -0.199 e. The van der Waals surface area contributed by atoms with Crippen LogP contribution in [0.2, 0.25) is 0 Å². The van der Waals surface area contributed by atoms with Crippen LogP contribution in [0.4, 0.5) is 30.7 Å². The first-order valence-electron chi connectivity index (χ1n) is 5.00. The van der Waals surface area contributed by atoms with Crippen molar-refractivity contribution in [3.63, 3.8) is 0 Å². The van der Waals surface area contributed by atoms with Gasteiger partial charge >= 0.3 is 18.0 Å². The molecule has 0 amide bonds. The Morgan fingerprint density at radius 2 is 1.38 bits per heavy atom. The van der Waals surface area contributed by atoms with Crippen molar-refractivity contribution < 1.29 is 39.2 Å². The van der Waals surface area contributed by atoms with Gasteiger partial charge in [0.25, 0.3) is 10.0 Å². The lowest BCUT2D eigenvalue weighted by molar-refractivity contribution is -0.335.